The number of rotatable bonds is 16. The number of carbonyl (C=O) groups excluding carboxylic acids is 2. The fourth-order valence-electron chi connectivity index (χ4n) is 6.16. The summed E-state index contributed by atoms with van der Waals surface area (Å²) >= 11 is 0. The van der Waals surface area contributed by atoms with Crippen LogP contribution in [0.2, 0.25) is 0 Å². The van der Waals surface area contributed by atoms with Crippen molar-refractivity contribution in [3.8, 4) is 34.8 Å². The first kappa shape index (κ1) is 45.3. The van der Waals surface area contributed by atoms with Crippen LogP contribution in [0.5, 0.6) is 34.8 Å². The molecule has 2 aromatic heterocycles. The van der Waals surface area contributed by atoms with Gasteiger partial charge in [-0.05, 0) is 131 Å². The zero-order valence-corrected chi connectivity index (χ0v) is 35.4. The quantitative estimate of drug-likeness (QED) is 0.0684. The molecule has 0 spiro atoms. The molecule has 0 saturated heterocycles. The Morgan fingerprint density at radius 2 is 0.833 bits per heavy atom. The molecule has 2 amide bonds. The number of nitrogens with one attached hydrogen (secondary N) is 2. The Morgan fingerprint density at radius 1 is 0.455 bits per heavy atom. The Hall–Kier alpha value is -8.78. The number of ether oxygens (including phenoxy) is 4. The molecule has 0 fully saturated rings. The van der Waals surface area contributed by atoms with Crippen LogP contribution < -0.4 is 41.0 Å². The summed E-state index contributed by atoms with van der Waals surface area (Å²) in [7, 11) is 0. The molecule has 0 bridgehead atoms. The molecular formula is C52H44F2N6O6. The summed E-state index contributed by atoms with van der Waals surface area (Å²) in [6, 6.07) is 47.8. The van der Waals surface area contributed by atoms with Crippen molar-refractivity contribution in [2.24, 2.45) is 0 Å². The van der Waals surface area contributed by atoms with E-state index in [9.17, 15) is 18.4 Å². The van der Waals surface area contributed by atoms with E-state index in [1.807, 2.05) is 36.4 Å². The van der Waals surface area contributed by atoms with Gasteiger partial charge in [-0.25, -0.2) is 18.7 Å². The predicted molar refractivity (Wildman–Crippen MR) is 247 cm³/mol. The zero-order chi connectivity index (χ0) is 46.1. The number of anilines is 2. The van der Waals surface area contributed by atoms with Crippen molar-refractivity contribution in [1.29, 1.82) is 0 Å². The molecule has 0 aliphatic rings. The Labute approximate surface area is 379 Å². The number of nitrogens with two attached hydrogens (primary N) is 2. The molecule has 0 unspecified atom stereocenters. The first-order valence-corrected chi connectivity index (χ1v) is 20.6. The third-order valence-corrected chi connectivity index (χ3v) is 9.49. The number of hydrogen-bond donors (Lipinski definition) is 4. The van der Waals surface area contributed by atoms with Gasteiger partial charge in [0.1, 0.15) is 47.8 Å². The molecule has 0 atom stereocenters. The smallest absolute Gasteiger partial charge is 0.253 e. The van der Waals surface area contributed by atoms with Gasteiger partial charge in [-0.1, -0.05) is 48.5 Å². The average molecular weight is 887 g/mol. The summed E-state index contributed by atoms with van der Waals surface area (Å²) in [5.41, 5.74) is 17.0. The normalized spacial score (nSPS) is 10.5. The van der Waals surface area contributed by atoms with E-state index in [0.717, 1.165) is 22.3 Å². The first-order chi connectivity index (χ1) is 32.1. The molecule has 12 nitrogen and oxygen atoms in total. The molecule has 14 heteroatoms. The summed E-state index contributed by atoms with van der Waals surface area (Å²) in [5, 5.41) is 5.67. The van der Waals surface area contributed by atoms with Gasteiger partial charge in [0.25, 0.3) is 11.8 Å². The molecule has 66 heavy (non-hydrogen) atoms. The lowest BCUT2D eigenvalue weighted by Crippen LogP contribution is -2.22. The van der Waals surface area contributed by atoms with Gasteiger partial charge in [-0.2, -0.15) is 0 Å². The van der Waals surface area contributed by atoms with Crippen molar-refractivity contribution in [3.63, 3.8) is 0 Å². The largest absolute Gasteiger partial charge is 0.489 e. The van der Waals surface area contributed by atoms with Crippen molar-refractivity contribution in [2.75, 3.05) is 11.5 Å². The number of nitrogen functional groups attached to an aromatic ring is 2. The van der Waals surface area contributed by atoms with Crippen molar-refractivity contribution in [2.45, 2.75) is 26.3 Å². The van der Waals surface area contributed by atoms with Crippen molar-refractivity contribution in [3.05, 3.63) is 227 Å². The molecule has 0 radical (unpaired) electrons. The minimum atomic E-state index is -0.294. The van der Waals surface area contributed by atoms with Crippen molar-refractivity contribution < 1.29 is 37.3 Å². The topological polar surface area (TPSA) is 173 Å². The van der Waals surface area contributed by atoms with Crippen LogP contribution >= 0.6 is 0 Å². The average Bonchev–Trinajstić information content (AvgIpc) is 3.33. The molecule has 8 aromatic rings. The first-order valence-electron chi connectivity index (χ1n) is 20.6. The Kier molecular flexibility index (Phi) is 15.4. The Morgan fingerprint density at radius 3 is 1.20 bits per heavy atom. The van der Waals surface area contributed by atoms with E-state index in [1.165, 1.54) is 36.7 Å². The van der Waals surface area contributed by atoms with Crippen LogP contribution in [0, 0.1) is 11.6 Å². The minimum absolute atomic E-state index is 0.240. The van der Waals surface area contributed by atoms with Gasteiger partial charge in [-0.3, -0.25) is 9.59 Å². The fraction of sp³-hybridized carbons (Fsp3) is 0.0769. The monoisotopic (exact) mass is 886 g/mol. The lowest BCUT2D eigenvalue weighted by atomic mass is 10.2. The van der Waals surface area contributed by atoms with E-state index in [-0.39, 0.29) is 36.7 Å². The SMILES string of the molecule is Nc1cccc(CNC(=O)c2ccc(Oc3ccc(OCc4cccc(F)c4)cc3)nc2)c1.Nc1cccc(CNC(=O)c2ccc(Oc3ccc(OCc4cccc(F)c4)cc3)nc2)c1. The standard InChI is InChI=1S/2C26H22FN3O3/c2*27-21-5-1-4-19(13-21)17-32-23-8-10-24(11-9-23)33-25-12-7-20(16-29-25)26(31)30-15-18-3-2-6-22(28)14-18/h2*1-14,16H,15,17,28H2,(H,30,31). The number of amides is 2. The van der Waals surface area contributed by atoms with Crippen LogP contribution in [0.1, 0.15) is 43.0 Å². The van der Waals surface area contributed by atoms with Gasteiger partial charge in [0.15, 0.2) is 0 Å². The maximum absolute atomic E-state index is 13.2. The molecule has 0 aliphatic carbocycles. The highest BCUT2D eigenvalue weighted by atomic mass is 19.1. The van der Waals surface area contributed by atoms with Crippen LogP contribution in [0.15, 0.2) is 182 Å². The number of nitrogens with zero attached hydrogens (tertiary/aromatic N) is 2. The van der Waals surface area contributed by atoms with Crippen LogP contribution in [0.4, 0.5) is 20.2 Å². The van der Waals surface area contributed by atoms with Crippen LogP contribution in [-0.4, -0.2) is 21.8 Å². The number of aromatic nitrogens is 2. The molecular weight excluding hydrogens is 843 g/mol. The number of pyridine rings is 2. The Bertz CT molecular complexity index is 2650. The summed E-state index contributed by atoms with van der Waals surface area (Å²) in [6.07, 6.45) is 2.92. The summed E-state index contributed by atoms with van der Waals surface area (Å²) < 4.78 is 49.3. The van der Waals surface area contributed by atoms with E-state index in [1.54, 1.807) is 109 Å². The molecule has 6 aromatic carbocycles. The molecule has 2 heterocycles. The number of halogens is 2. The zero-order valence-electron chi connectivity index (χ0n) is 35.4. The van der Waals surface area contributed by atoms with E-state index in [4.69, 9.17) is 30.4 Å². The van der Waals surface area contributed by atoms with Crippen molar-refractivity contribution in [1.82, 2.24) is 20.6 Å². The lowest BCUT2D eigenvalue weighted by molar-refractivity contribution is 0.0942. The molecule has 0 aliphatic heterocycles. The Balaban J connectivity index is 0.000000196. The van der Waals surface area contributed by atoms with Crippen LogP contribution in [-0.2, 0) is 26.3 Å². The third kappa shape index (κ3) is 14.1. The summed E-state index contributed by atoms with van der Waals surface area (Å²) in [6.45, 7) is 1.27. The molecule has 8 rings (SSSR count). The maximum atomic E-state index is 13.2. The maximum Gasteiger partial charge on any atom is 0.253 e. The summed E-state index contributed by atoms with van der Waals surface area (Å²) in [4.78, 5) is 33.1. The molecule has 0 saturated carbocycles. The van der Waals surface area contributed by atoms with Gasteiger partial charge < -0.3 is 41.0 Å². The second-order valence-electron chi connectivity index (χ2n) is 14.6. The summed E-state index contributed by atoms with van der Waals surface area (Å²) in [5.74, 6) is 2.05. The highest BCUT2D eigenvalue weighted by Gasteiger charge is 2.10. The fourth-order valence-corrected chi connectivity index (χ4v) is 6.16. The number of carbonyl (C=O) groups is 2. The molecule has 332 valence electrons. The highest BCUT2D eigenvalue weighted by Crippen LogP contribution is 2.25. The number of benzene rings is 6. The molecule has 6 N–H and O–H groups in total. The van der Waals surface area contributed by atoms with E-state index >= 15 is 0 Å². The van der Waals surface area contributed by atoms with E-state index in [0.29, 0.717) is 70.3 Å². The second-order valence-corrected chi connectivity index (χ2v) is 14.6. The number of hydrogen-bond acceptors (Lipinski definition) is 10. The van der Waals surface area contributed by atoms with Gasteiger partial charge in [0, 0.05) is 49.0 Å². The second kappa shape index (κ2) is 22.5. The highest BCUT2D eigenvalue weighted by molar-refractivity contribution is 5.94. The van der Waals surface area contributed by atoms with Crippen LogP contribution in [0.3, 0.4) is 0 Å². The van der Waals surface area contributed by atoms with Crippen LogP contribution in [0.25, 0.3) is 0 Å². The van der Waals surface area contributed by atoms with Crippen molar-refractivity contribution >= 4 is 23.2 Å². The minimum Gasteiger partial charge on any atom is -0.489 e. The lowest BCUT2D eigenvalue weighted by Gasteiger charge is -2.09. The van der Waals surface area contributed by atoms with Gasteiger partial charge in [0.2, 0.25) is 11.8 Å². The third-order valence-electron chi connectivity index (χ3n) is 9.49. The predicted octanol–water partition coefficient (Wildman–Crippen LogP) is 10.2. The van der Waals surface area contributed by atoms with Gasteiger partial charge in [-0.15, -0.1) is 0 Å². The van der Waals surface area contributed by atoms with E-state index in [2.05, 4.69) is 20.6 Å². The van der Waals surface area contributed by atoms with Gasteiger partial charge >= 0.3 is 0 Å². The van der Waals surface area contributed by atoms with E-state index < -0.39 is 0 Å². The van der Waals surface area contributed by atoms with Gasteiger partial charge in [0.05, 0.1) is 11.1 Å².